The van der Waals surface area contributed by atoms with Crippen LogP contribution in [-0.2, 0) is 0 Å². The Morgan fingerprint density at radius 2 is 1.49 bits per heavy atom. The van der Waals surface area contributed by atoms with Gasteiger partial charge in [-0.3, -0.25) is 0 Å². The van der Waals surface area contributed by atoms with Crippen LogP contribution in [0, 0.1) is 41.5 Å². The molecule has 0 radical (unpaired) electrons. The summed E-state index contributed by atoms with van der Waals surface area (Å²) in [7, 11) is 0. The van der Waals surface area contributed by atoms with Crippen LogP contribution < -0.4 is 5.32 Å². The summed E-state index contributed by atoms with van der Waals surface area (Å²) in [4.78, 5) is 10.0. The summed E-state index contributed by atoms with van der Waals surface area (Å²) in [5.74, 6) is 2.31. The molecule has 6 aromatic rings. The van der Waals surface area contributed by atoms with Gasteiger partial charge in [0.25, 0.3) is 0 Å². The van der Waals surface area contributed by atoms with Gasteiger partial charge < -0.3 is 5.32 Å². The number of rotatable bonds is 4. The van der Waals surface area contributed by atoms with Crippen molar-refractivity contribution in [3.8, 4) is 11.5 Å². The summed E-state index contributed by atoms with van der Waals surface area (Å²) >= 11 is 0. The summed E-state index contributed by atoms with van der Waals surface area (Å²) in [6.07, 6.45) is 0. The first kappa shape index (κ1) is 22.9. The third kappa shape index (κ3) is 3.93. The van der Waals surface area contributed by atoms with Gasteiger partial charge in [0, 0.05) is 16.8 Å². The Balaban J connectivity index is 1.47. The van der Waals surface area contributed by atoms with Crippen LogP contribution in [0.15, 0.2) is 60.7 Å². The molecule has 0 spiro atoms. The molecule has 1 N–H and O–H groups in total. The topological polar surface area (TPSA) is 73.5 Å². The molecule has 0 unspecified atom stereocenters. The monoisotopic (exact) mass is 487 g/mol. The van der Waals surface area contributed by atoms with E-state index < -0.39 is 0 Å². The summed E-state index contributed by atoms with van der Waals surface area (Å²) in [6, 6.07) is 20.6. The Morgan fingerprint density at radius 3 is 2.27 bits per heavy atom. The molecule has 0 fully saturated rings. The van der Waals surface area contributed by atoms with E-state index >= 15 is 0 Å². The fourth-order valence-electron chi connectivity index (χ4n) is 5.15. The van der Waals surface area contributed by atoms with Crippen molar-refractivity contribution in [3.63, 3.8) is 0 Å². The number of benzene rings is 2. The molecule has 184 valence electrons. The van der Waals surface area contributed by atoms with Crippen molar-refractivity contribution in [3.05, 3.63) is 94.3 Å². The molecule has 0 aliphatic rings. The van der Waals surface area contributed by atoms with E-state index in [4.69, 9.17) is 20.2 Å². The molecule has 0 atom stereocenters. The normalized spacial score (nSPS) is 11.5. The van der Waals surface area contributed by atoms with Crippen LogP contribution in [0.5, 0.6) is 0 Å². The molecule has 2 aromatic carbocycles. The van der Waals surface area contributed by atoms with Gasteiger partial charge in [-0.2, -0.15) is 14.9 Å². The molecule has 0 aliphatic carbocycles. The van der Waals surface area contributed by atoms with E-state index in [1.54, 1.807) is 0 Å². The van der Waals surface area contributed by atoms with E-state index in [-0.39, 0.29) is 0 Å². The lowest BCUT2D eigenvalue weighted by atomic mass is 10.0. The second-order valence-corrected chi connectivity index (χ2v) is 9.84. The molecule has 7 nitrogen and oxygen atoms in total. The number of anilines is 2. The van der Waals surface area contributed by atoms with Crippen LogP contribution in [0.2, 0.25) is 0 Å². The quantitative estimate of drug-likeness (QED) is 0.298. The van der Waals surface area contributed by atoms with Crippen LogP contribution in [0.1, 0.15) is 33.6 Å². The molecule has 37 heavy (non-hydrogen) atoms. The average molecular weight is 488 g/mol. The zero-order valence-electron chi connectivity index (χ0n) is 22.0. The van der Waals surface area contributed by atoms with Crippen LogP contribution in [-0.4, -0.2) is 29.5 Å². The summed E-state index contributed by atoms with van der Waals surface area (Å²) in [5.41, 5.74) is 9.32. The smallest absolute Gasteiger partial charge is 0.165 e. The first-order valence-corrected chi connectivity index (χ1v) is 12.4. The Hall–Kier alpha value is -4.52. The predicted octanol–water partition coefficient (Wildman–Crippen LogP) is 6.75. The van der Waals surface area contributed by atoms with Crippen molar-refractivity contribution in [2.45, 2.75) is 41.5 Å². The molecule has 0 amide bonds. The lowest BCUT2D eigenvalue weighted by Crippen LogP contribution is -2.07. The van der Waals surface area contributed by atoms with Crippen LogP contribution in [0.25, 0.3) is 33.4 Å². The number of hydrogen-bond donors (Lipinski definition) is 1. The van der Waals surface area contributed by atoms with Crippen molar-refractivity contribution >= 4 is 33.6 Å². The Morgan fingerprint density at radius 1 is 0.703 bits per heavy atom. The summed E-state index contributed by atoms with van der Waals surface area (Å²) < 4.78 is 3.77. The summed E-state index contributed by atoms with van der Waals surface area (Å²) in [6.45, 7) is 12.5. The van der Waals surface area contributed by atoms with Gasteiger partial charge in [-0.25, -0.2) is 14.6 Å². The zero-order chi connectivity index (χ0) is 25.8. The van der Waals surface area contributed by atoms with Crippen molar-refractivity contribution in [1.29, 1.82) is 0 Å². The third-order valence-electron chi connectivity index (χ3n) is 6.76. The number of nitrogens with one attached hydrogen (secondary N) is 1. The van der Waals surface area contributed by atoms with Gasteiger partial charge in [0.15, 0.2) is 11.5 Å². The highest BCUT2D eigenvalue weighted by Gasteiger charge is 2.17. The maximum atomic E-state index is 5.01. The van der Waals surface area contributed by atoms with Crippen molar-refractivity contribution in [1.82, 2.24) is 29.5 Å². The maximum absolute atomic E-state index is 5.01. The molecular weight excluding hydrogens is 458 g/mol. The molecule has 4 aromatic heterocycles. The minimum absolute atomic E-state index is 0.729. The SMILES string of the molecule is Cc1cc(C)c2nc(-n3nc(C)cc3Nc3cc(C)c4c(C)nn(-c5ccccc5)c4n3)cc(C)c2c1. The van der Waals surface area contributed by atoms with Gasteiger partial charge in [-0.15, -0.1) is 0 Å². The van der Waals surface area contributed by atoms with Crippen molar-refractivity contribution in [2.24, 2.45) is 0 Å². The Kier molecular flexibility index (Phi) is 5.30. The highest BCUT2D eigenvalue weighted by molar-refractivity contribution is 5.87. The van der Waals surface area contributed by atoms with Gasteiger partial charge >= 0.3 is 0 Å². The highest BCUT2D eigenvalue weighted by atomic mass is 15.4. The molecular formula is C30H29N7. The van der Waals surface area contributed by atoms with Gasteiger partial charge in [-0.05, 0) is 88.6 Å². The minimum atomic E-state index is 0.729. The number of pyridine rings is 2. The Bertz CT molecular complexity index is 1810. The number of aromatic nitrogens is 6. The van der Waals surface area contributed by atoms with E-state index in [0.29, 0.717) is 0 Å². The molecule has 0 saturated heterocycles. The number of para-hydroxylation sites is 1. The van der Waals surface area contributed by atoms with Gasteiger partial charge in [-0.1, -0.05) is 29.8 Å². The number of fused-ring (bicyclic) bond motifs is 2. The average Bonchev–Trinajstić information content (AvgIpc) is 3.39. The van der Waals surface area contributed by atoms with E-state index in [0.717, 1.165) is 62.2 Å². The fraction of sp³-hybridized carbons (Fsp3) is 0.200. The van der Waals surface area contributed by atoms with E-state index in [1.807, 2.05) is 59.6 Å². The first-order chi connectivity index (χ1) is 17.8. The molecule has 6 rings (SSSR count). The van der Waals surface area contributed by atoms with E-state index in [9.17, 15) is 0 Å². The minimum Gasteiger partial charge on any atom is -0.325 e. The lowest BCUT2D eigenvalue weighted by Gasteiger charge is -2.13. The zero-order valence-corrected chi connectivity index (χ0v) is 22.0. The molecule has 0 saturated carbocycles. The standard InChI is InChI=1S/C30H29N7/c1-17-12-20(4)29-24(13-17)18(2)15-26(33-29)37-27(16-21(5)34-37)31-25-14-19(3)28-22(6)35-36(30(28)32-25)23-10-8-7-9-11-23/h7-16H,1-6H3,(H,31,32). The van der Waals surface area contributed by atoms with Gasteiger partial charge in [0.1, 0.15) is 11.6 Å². The molecule has 0 bridgehead atoms. The Labute approximate surface area is 215 Å². The third-order valence-corrected chi connectivity index (χ3v) is 6.76. The second kappa shape index (κ2) is 8.55. The maximum Gasteiger partial charge on any atom is 0.165 e. The number of hydrogen-bond acceptors (Lipinski definition) is 5. The highest BCUT2D eigenvalue weighted by Crippen LogP contribution is 2.29. The number of aryl methyl sites for hydroxylation is 6. The van der Waals surface area contributed by atoms with Crippen molar-refractivity contribution < 1.29 is 0 Å². The fourth-order valence-corrected chi connectivity index (χ4v) is 5.15. The largest absolute Gasteiger partial charge is 0.325 e. The van der Waals surface area contributed by atoms with Gasteiger partial charge in [0.05, 0.1) is 22.6 Å². The van der Waals surface area contributed by atoms with Crippen LogP contribution in [0.3, 0.4) is 0 Å². The first-order valence-electron chi connectivity index (χ1n) is 12.4. The van der Waals surface area contributed by atoms with Crippen LogP contribution >= 0.6 is 0 Å². The van der Waals surface area contributed by atoms with Crippen molar-refractivity contribution in [2.75, 3.05) is 5.32 Å². The molecule has 0 aliphatic heterocycles. The lowest BCUT2D eigenvalue weighted by molar-refractivity contribution is 0.841. The molecule has 7 heteroatoms. The van der Waals surface area contributed by atoms with Crippen LogP contribution in [0.4, 0.5) is 11.6 Å². The summed E-state index contributed by atoms with van der Waals surface area (Å²) in [5, 5.41) is 15.3. The predicted molar refractivity (Wildman–Crippen MR) is 149 cm³/mol. The van der Waals surface area contributed by atoms with E-state index in [2.05, 4.69) is 57.3 Å². The second-order valence-electron chi connectivity index (χ2n) is 9.84. The molecule has 4 heterocycles. The van der Waals surface area contributed by atoms with E-state index in [1.165, 1.54) is 16.5 Å². The van der Waals surface area contributed by atoms with Gasteiger partial charge in [0.2, 0.25) is 0 Å². The number of nitrogens with zero attached hydrogens (tertiary/aromatic N) is 6.